The first-order valence-electron chi connectivity index (χ1n) is 10.2. The molecule has 8 nitrogen and oxygen atoms in total. The number of hydrogen-bond donors (Lipinski definition) is 3. The van der Waals surface area contributed by atoms with Crippen LogP contribution in [-0.4, -0.2) is 43.2 Å². The van der Waals surface area contributed by atoms with Gasteiger partial charge >= 0.3 is 0 Å². The van der Waals surface area contributed by atoms with E-state index < -0.39 is 0 Å². The first-order valence-corrected chi connectivity index (χ1v) is 10.2. The lowest BCUT2D eigenvalue weighted by Crippen LogP contribution is -2.65. The van der Waals surface area contributed by atoms with E-state index in [1.807, 2.05) is 29.1 Å². The van der Waals surface area contributed by atoms with E-state index in [-0.39, 0.29) is 5.54 Å². The van der Waals surface area contributed by atoms with Crippen LogP contribution in [0.2, 0.25) is 0 Å². The second kappa shape index (κ2) is 6.55. The van der Waals surface area contributed by atoms with E-state index in [1.165, 1.54) is 5.69 Å². The molecule has 154 valence electrons. The number of nitrogens with zero attached hydrogens (tertiary/aromatic N) is 5. The lowest BCUT2D eigenvalue weighted by molar-refractivity contribution is 0.365. The van der Waals surface area contributed by atoms with Gasteiger partial charge in [0, 0.05) is 59.5 Å². The number of nitrogens with one attached hydrogen (secondary N) is 2. The summed E-state index contributed by atoms with van der Waals surface area (Å²) in [5.41, 5.74) is 11.8. The Kier molecular flexibility index (Phi) is 3.78. The van der Waals surface area contributed by atoms with Crippen LogP contribution in [0, 0.1) is 0 Å². The van der Waals surface area contributed by atoms with Crippen LogP contribution in [-0.2, 0) is 0 Å². The summed E-state index contributed by atoms with van der Waals surface area (Å²) in [7, 11) is 0. The minimum absolute atomic E-state index is 0.0905. The Morgan fingerprint density at radius 1 is 1.13 bits per heavy atom. The van der Waals surface area contributed by atoms with Crippen LogP contribution in [0.3, 0.4) is 0 Å². The maximum absolute atomic E-state index is 6.13. The number of aromatic amines is 1. The molecule has 3 aromatic heterocycles. The monoisotopic (exact) mass is 410 g/mol. The van der Waals surface area contributed by atoms with Crippen LogP contribution < -0.4 is 16.0 Å². The van der Waals surface area contributed by atoms with Gasteiger partial charge in [-0.3, -0.25) is 5.10 Å². The molecule has 31 heavy (non-hydrogen) atoms. The summed E-state index contributed by atoms with van der Waals surface area (Å²) in [6.07, 6.45) is 7.51. The predicted molar refractivity (Wildman–Crippen MR) is 123 cm³/mol. The summed E-state index contributed by atoms with van der Waals surface area (Å²) in [5, 5.41) is 11.6. The SMILES string of the molecule is CC1(N)CN(c2ccc(Nc3nc(-c4ccc5cn[nH]c5c4)cn4ccnc34)cc2)C1. The third-order valence-corrected chi connectivity index (χ3v) is 5.71. The molecular formula is C23H22N8. The lowest BCUT2D eigenvalue weighted by atomic mass is 9.93. The van der Waals surface area contributed by atoms with Crippen molar-refractivity contribution in [2.75, 3.05) is 23.3 Å². The molecule has 1 fully saturated rings. The van der Waals surface area contributed by atoms with Crippen LogP contribution in [0.1, 0.15) is 6.92 Å². The predicted octanol–water partition coefficient (Wildman–Crippen LogP) is 3.55. The number of rotatable bonds is 4. The smallest absolute Gasteiger partial charge is 0.180 e. The van der Waals surface area contributed by atoms with Crippen molar-refractivity contribution in [3.05, 3.63) is 67.3 Å². The number of aromatic nitrogens is 5. The lowest BCUT2D eigenvalue weighted by Gasteiger charge is -2.47. The van der Waals surface area contributed by atoms with Crippen molar-refractivity contribution in [1.82, 2.24) is 24.6 Å². The van der Waals surface area contributed by atoms with Gasteiger partial charge in [0.1, 0.15) is 0 Å². The Bertz CT molecular complexity index is 1390. The van der Waals surface area contributed by atoms with Gasteiger partial charge in [0.2, 0.25) is 0 Å². The zero-order valence-electron chi connectivity index (χ0n) is 17.1. The number of imidazole rings is 1. The number of hydrogen-bond acceptors (Lipinski definition) is 6. The first-order chi connectivity index (χ1) is 15.0. The van der Waals surface area contributed by atoms with Gasteiger partial charge in [0.25, 0.3) is 0 Å². The zero-order chi connectivity index (χ0) is 21.0. The molecular weight excluding hydrogens is 388 g/mol. The molecule has 0 radical (unpaired) electrons. The normalized spacial score (nSPS) is 15.4. The molecule has 1 aliphatic heterocycles. The fraction of sp³-hybridized carbons (Fsp3) is 0.174. The topological polar surface area (TPSA) is 100 Å². The first kappa shape index (κ1) is 17.9. The summed E-state index contributed by atoms with van der Waals surface area (Å²) >= 11 is 0. The summed E-state index contributed by atoms with van der Waals surface area (Å²) in [6.45, 7) is 3.83. The Morgan fingerprint density at radius 2 is 1.97 bits per heavy atom. The Hall–Kier alpha value is -3.91. The molecule has 6 rings (SSSR count). The molecule has 0 unspecified atom stereocenters. The fourth-order valence-electron chi connectivity index (χ4n) is 4.15. The maximum atomic E-state index is 6.13. The standard InChI is InChI=1S/C23H22N8/c1-23(24)13-31(14-23)18-6-4-17(5-7-18)27-21-22-25-8-9-30(22)12-20(28-21)15-2-3-16-11-26-29-19(16)10-15/h2-12H,13-14,24H2,1H3,(H,26,29)(H,27,28). The largest absolute Gasteiger partial charge is 0.368 e. The van der Waals surface area contributed by atoms with E-state index >= 15 is 0 Å². The van der Waals surface area contributed by atoms with Crippen molar-refractivity contribution in [1.29, 1.82) is 0 Å². The molecule has 0 atom stereocenters. The fourth-order valence-corrected chi connectivity index (χ4v) is 4.15. The van der Waals surface area contributed by atoms with Gasteiger partial charge < -0.3 is 20.4 Å². The van der Waals surface area contributed by atoms with E-state index in [4.69, 9.17) is 10.7 Å². The van der Waals surface area contributed by atoms with Crippen LogP contribution in [0.4, 0.5) is 17.2 Å². The van der Waals surface area contributed by atoms with Gasteiger partial charge in [-0.1, -0.05) is 12.1 Å². The Morgan fingerprint density at radius 3 is 2.77 bits per heavy atom. The van der Waals surface area contributed by atoms with E-state index in [0.29, 0.717) is 5.82 Å². The van der Waals surface area contributed by atoms with Crippen molar-refractivity contribution >= 4 is 33.7 Å². The number of nitrogens with two attached hydrogens (primary N) is 1. The van der Waals surface area contributed by atoms with E-state index in [9.17, 15) is 0 Å². The minimum Gasteiger partial charge on any atom is -0.368 e. The summed E-state index contributed by atoms with van der Waals surface area (Å²) in [4.78, 5) is 11.6. The van der Waals surface area contributed by atoms with Crippen molar-refractivity contribution in [3.63, 3.8) is 0 Å². The average Bonchev–Trinajstić information content (AvgIpc) is 3.41. The highest BCUT2D eigenvalue weighted by molar-refractivity contribution is 5.84. The van der Waals surface area contributed by atoms with Gasteiger partial charge in [-0.2, -0.15) is 5.10 Å². The van der Waals surface area contributed by atoms with Crippen molar-refractivity contribution in [3.8, 4) is 11.3 Å². The number of H-pyrrole nitrogens is 1. The number of fused-ring (bicyclic) bond motifs is 2. The van der Waals surface area contributed by atoms with Crippen LogP contribution in [0.15, 0.2) is 67.3 Å². The highest BCUT2D eigenvalue weighted by Gasteiger charge is 2.34. The van der Waals surface area contributed by atoms with Crippen LogP contribution in [0.25, 0.3) is 27.8 Å². The average molecular weight is 410 g/mol. The number of benzene rings is 2. The van der Waals surface area contributed by atoms with Gasteiger partial charge in [-0.05, 0) is 37.3 Å². The molecule has 4 heterocycles. The van der Waals surface area contributed by atoms with Crippen LogP contribution >= 0.6 is 0 Å². The second-order valence-electron chi connectivity index (χ2n) is 8.49. The number of anilines is 3. The van der Waals surface area contributed by atoms with E-state index in [1.54, 1.807) is 6.20 Å². The third-order valence-electron chi connectivity index (χ3n) is 5.71. The minimum atomic E-state index is -0.0905. The molecule has 0 saturated carbocycles. The molecule has 0 amide bonds. The molecule has 0 bridgehead atoms. The quantitative estimate of drug-likeness (QED) is 0.419. The van der Waals surface area contributed by atoms with Crippen molar-refractivity contribution < 1.29 is 0 Å². The zero-order valence-corrected chi connectivity index (χ0v) is 17.1. The molecule has 4 N–H and O–H groups in total. The van der Waals surface area contributed by atoms with Crippen molar-refractivity contribution in [2.45, 2.75) is 12.5 Å². The second-order valence-corrected chi connectivity index (χ2v) is 8.49. The maximum Gasteiger partial charge on any atom is 0.180 e. The van der Waals surface area contributed by atoms with Gasteiger partial charge in [-0.25, -0.2) is 9.97 Å². The Balaban J connectivity index is 1.33. The van der Waals surface area contributed by atoms with Gasteiger partial charge in [0.15, 0.2) is 11.5 Å². The molecule has 5 aromatic rings. The molecule has 2 aromatic carbocycles. The molecule has 0 aliphatic carbocycles. The summed E-state index contributed by atoms with van der Waals surface area (Å²) < 4.78 is 1.98. The highest BCUT2D eigenvalue weighted by atomic mass is 15.2. The van der Waals surface area contributed by atoms with Gasteiger partial charge in [0.05, 0.1) is 17.4 Å². The Labute approximate surface area is 178 Å². The molecule has 8 heteroatoms. The third kappa shape index (κ3) is 3.17. The van der Waals surface area contributed by atoms with Crippen LogP contribution in [0.5, 0.6) is 0 Å². The molecule has 0 spiro atoms. The summed E-state index contributed by atoms with van der Waals surface area (Å²) in [5.74, 6) is 0.707. The van der Waals surface area contributed by atoms with E-state index in [0.717, 1.165) is 46.6 Å². The molecule has 1 saturated heterocycles. The molecule has 1 aliphatic rings. The van der Waals surface area contributed by atoms with E-state index in [2.05, 4.69) is 68.7 Å². The van der Waals surface area contributed by atoms with Gasteiger partial charge in [-0.15, -0.1) is 0 Å². The summed E-state index contributed by atoms with van der Waals surface area (Å²) in [6, 6.07) is 14.5. The highest BCUT2D eigenvalue weighted by Crippen LogP contribution is 2.29. The van der Waals surface area contributed by atoms with Crippen molar-refractivity contribution in [2.24, 2.45) is 5.73 Å².